The van der Waals surface area contributed by atoms with Gasteiger partial charge >= 0.3 is 5.69 Å². The van der Waals surface area contributed by atoms with Gasteiger partial charge in [-0.3, -0.25) is 14.3 Å². The van der Waals surface area contributed by atoms with Gasteiger partial charge < -0.3 is 14.4 Å². The van der Waals surface area contributed by atoms with Crippen LogP contribution in [-0.2, 0) is 13.6 Å². The maximum absolute atomic E-state index is 12.5. The van der Waals surface area contributed by atoms with Crippen LogP contribution >= 0.6 is 35.0 Å². The second-order valence-corrected chi connectivity index (χ2v) is 8.54. The van der Waals surface area contributed by atoms with E-state index in [1.54, 1.807) is 41.8 Å². The van der Waals surface area contributed by atoms with Crippen LogP contribution in [0.3, 0.4) is 0 Å². The number of imidazole rings is 1. The average molecular weight is 471 g/mol. The van der Waals surface area contributed by atoms with E-state index < -0.39 is 17.4 Å². The van der Waals surface area contributed by atoms with Gasteiger partial charge in [-0.1, -0.05) is 41.0 Å². The van der Waals surface area contributed by atoms with Gasteiger partial charge in [0.05, 0.1) is 6.54 Å². The van der Waals surface area contributed by atoms with Crippen molar-refractivity contribution in [2.24, 2.45) is 7.05 Å². The fourth-order valence-corrected chi connectivity index (χ4v) is 3.96. The number of allylic oxidation sites excluding steroid dienone is 1. The van der Waals surface area contributed by atoms with Crippen LogP contribution in [0.2, 0.25) is 5.02 Å². The number of aromatic amines is 1. The number of aromatic nitrogens is 4. The van der Waals surface area contributed by atoms with Gasteiger partial charge in [0.2, 0.25) is 0 Å². The van der Waals surface area contributed by atoms with Crippen LogP contribution in [0.25, 0.3) is 11.2 Å². The Hall–Kier alpha value is -2.20. The first-order chi connectivity index (χ1) is 14.3. The molecular weight excluding hydrogens is 451 g/mol. The lowest BCUT2D eigenvalue weighted by Gasteiger charge is -2.15. The average Bonchev–Trinajstić information content (AvgIpc) is 3.04. The summed E-state index contributed by atoms with van der Waals surface area (Å²) in [6.45, 7) is 1.81. The third-order valence-electron chi connectivity index (χ3n) is 4.20. The van der Waals surface area contributed by atoms with E-state index in [4.69, 9.17) is 27.9 Å². The molecule has 0 fully saturated rings. The summed E-state index contributed by atoms with van der Waals surface area (Å²) in [5, 5.41) is 12.2. The summed E-state index contributed by atoms with van der Waals surface area (Å²) < 4.78 is 8.44. The van der Waals surface area contributed by atoms with Crippen LogP contribution < -0.4 is 16.0 Å². The molecule has 30 heavy (non-hydrogen) atoms. The van der Waals surface area contributed by atoms with Crippen LogP contribution in [0.1, 0.15) is 6.92 Å². The number of fused-ring (bicyclic) bond motifs is 1. The van der Waals surface area contributed by atoms with Gasteiger partial charge in [0, 0.05) is 22.9 Å². The summed E-state index contributed by atoms with van der Waals surface area (Å²) in [5.41, 5.74) is -0.681. The zero-order valence-corrected chi connectivity index (χ0v) is 18.6. The summed E-state index contributed by atoms with van der Waals surface area (Å²) in [4.78, 5) is 31.1. The van der Waals surface area contributed by atoms with Crippen molar-refractivity contribution in [1.29, 1.82) is 0 Å². The van der Waals surface area contributed by atoms with E-state index in [1.165, 1.54) is 23.4 Å². The molecule has 1 unspecified atom stereocenters. The molecule has 11 heteroatoms. The molecule has 0 bridgehead atoms. The van der Waals surface area contributed by atoms with Crippen molar-refractivity contribution >= 4 is 46.1 Å². The molecule has 0 aliphatic heterocycles. The molecular formula is C19H20Cl2N4O4S. The van der Waals surface area contributed by atoms with Crippen LogP contribution in [0.5, 0.6) is 5.75 Å². The van der Waals surface area contributed by atoms with Crippen molar-refractivity contribution in [2.75, 3.05) is 12.4 Å². The van der Waals surface area contributed by atoms with Gasteiger partial charge in [0.15, 0.2) is 16.3 Å². The molecule has 0 amide bonds. The van der Waals surface area contributed by atoms with Crippen molar-refractivity contribution in [3.63, 3.8) is 0 Å². The van der Waals surface area contributed by atoms with E-state index >= 15 is 0 Å². The Morgan fingerprint density at radius 1 is 1.37 bits per heavy atom. The predicted molar refractivity (Wildman–Crippen MR) is 119 cm³/mol. The van der Waals surface area contributed by atoms with Gasteiger partial charge in [0.1, 0.15) is 18.5 Å². The number of halogens is 2. The maximum Gasteiger partial charge on any atom is 0.329 e. The summed E-state index contributed by atoms with van der Waals surface area (Å²) in [6.07, 6.45) is 0.874. The van der Waals surface area contributed by atoms with E-state index in [9.17, 15) is 14.7 Å². The van der Waals surface area contributed by atoms with Gasteiger partial charge in [-0.25, -0.2) is 9.78 Å². The first-order valence-electron chi connectivity index (χ1n) is 8.97. The Kier molecular flexibility index (Phi) is 7.30. The molecule has 8 nitrogen and oxygen atoms in total. The number of thioether (sulfide) groups is 1. The molecule has 0 saturated carbocycles. The first kappa shape index (κ1) is 22.5. The Morgan fingerprint density at radius 2 is 2.07 bits per heavy atom. The number of benzene rings is 1. The second-order valence-electron chi connectivity index (χ2n) is 6.52. The Balaban J connectivity index is 1.88. The third kappa shape index (κ3) is 5.28. The molecule has 1 atom stereocenters. The van der Waals surface area contributed by atoms with E-state index in [0.717, 1.165) is 0 Å². The summed E-state index contributed by atoms with van der Waals surface area (Å²) in [7, 11) is 1.52. The molecule has 1 aromatic carbocycles. The minimum atomic E-state index is -0.931. The van der Waals surface area contributed by atoms with Crippen molar-refractivity contribution in [3.05, 3.63) is 61.2 Å². The number of nitrogens with zero attached hydrogens (tertiary/aromatic N) is 3. The highest BCUT2D eigenvalue weighted by Crippen LogP contribution is 2.23. The largest absolute Gasteiger partial charge is 0.491 e. The molecule has 0 radical (unpaired) electrons. The van der Waals surface area contributed by atoms with E-state index in [1.807, 2.05) is 0 Å². The van der Waals surface area contributed by atoms with Gasteiger partial charge in [-0.15, -0.1) is 0 Å². The van der Waals surface area contributed by atoms with Gasteiger partial charge in [-0.2, -0.15) is 0 Å². The molecule has 2 N–H and O–H groups in total. The minimum absolute atomic E-state index is 0.00419. The van der Waals surface area contributed by atoms with Crippen molar-refractivity contribution in [1.82, 2.24) is 19.1 Å². The smallest absolute Gasteiger partial charge is 0.329 e. The molecule has 0 spiro atoms. The third-order valence-corrected chi connectivity index (χ3v) is 5.51. The lowest BCUT2D eigenvalue weighted by atomic mass is 10.3. The fourth-order valence-electron chi connectivity index (χ4n) is 2.71. The zero-order chi connectivity index (χ0) is 21.8. The molecule has 3 rings (SSSR count). The normalized spacial score (nSPS) is 13.0. The van der Waals surface area contributed by atoms with Gasteiger partial charge in [0.25, 0.3) is 5.56 Å². The monoisotopic (exact) mass is 470 g/mol. The Bertz CT molecular complexity index is 1180. The highest BCUT2D eigenvalue weighted by atomic mass is 35.5. The van der Waals surface area contributed by atoms with Gasteiger partial charge in [-0.05, 0) is 31.2 Å². The highest BCUT2D eigenvalue weighted by molar-refractivity contribution is 7.99. The fraction of sp³-hybridized carbons (Fsp3) is 0.316. The van der Waals surface area contributed by atoms with E-state index in [0.29, 0.717) is 26.7 Å². The minimum Gasteiger partial charge on any atom is -0.491 e. The predicted octanol–water partition coefficient (Wildman–Crippen LogP) is 2.75. The van der Waals surface area contributed by atoms with Crippen LogP contribution in [0, 0.1) is 0 Å². The first-order valence-corrected chi connectivity index (χ1v) is 10.7. The number of hydrogen-bond acceptors (Lipinski definition) is 6. The number of rotatable bonds is 8. The van der Waals surface area contributed by atoms with E-state index in [-0.39, 0.29) is 24.3 Å². The topological polar surface area (TPSA) is 102 Å². The molecule has 2 heterocycles. The zero-order valence-electron chi connectivity index (χ0n) is 16.3. The van der Waals surface area contributed by atoms with Crippen molar-refractivity contribution < 1.29 is 9.84 Å². The quantitative estimate of drug-likeness (QED) is 0.490. The molecule has 0 aliphatic rings. The van der Waals surface area contributed by atoms with E-state index in [2.05, 4.69) is 9.97 Å². The molecule has 0 aliphatic carbocycles. The molecule has 3 aromatic rings. The number of H-pyrrole nitrogens is 1. The van der Waals surface area contributed by atoms with Crippen molar-refractivity contribution in [3.8, 4) is 5.75 Å². The molecule has 160 valence electrons. The number of aryl methyl sites for hydroxylation is 1. The van der Waals surface area contributed by atoms with Crippen LogP contribution in [-0.4, -0.2) is 42.7 Å². The Labute approximate surface area is 186 Å². The standard InChI is InChI=1S/C19H20Cl2N4O4S/c1-11(20)7-8-30-19-22-16-15(17(27)23-18(28)24(16)2)25(19)9-13(26)10-29-14-5-3-12(21)4-6-14/h3-7,13,26H,8-10H2,1-2H3,(H,23,27,28). The number of aliphatic hydroxyl groups excluding tert-OH is 1. The number of ether oxygens (including phenoxy) is 1. The highest BCUT2D eigenvalue weighted by Gasteiger charge is 2.20. The lowest BCUT2D eigenvalue weighted by Crippen LogP contribution is -2.30. The number of nitrogens with one attached hydrogen (secondary N) is 1. The van der Waals surface area contributed by atoms with Crippen LogP contribution in [0.15, 0.2) is 50.1 Å². The van der Waals surface area contributed by atoms with Crippen LogP contribution in [0.4, 0.5) is 0 Å². The lowest BCUT2D eigenvalue weighted by molar-refractivity contribution is 0.0914. The Morgan fingerprint density at radius 3 is 2.73 bits per heavy atom. The maximum atomic E-state index is 12.5. The number of aliphatic hydroxyl groups is 1. The molecule has 0 saturated heterocycles. The summed E-state index contributed by atoms with van der Waals surface area (Å²) in [5.74, 6) is 1.08. The summed E-state index contributed by atoms with van der Waals surface area (Å²) in [6, 6.07) is 6.77. The molecule has 2 aromatic heterocycles. The van der Waals surface area contributed by atoms with Crippen molar-refractivity contribution in [2.45, 2.75) is 24.7 Å². The second kappa shape index (κ2) is 9.74. The SMILES string of the molecule is CC(Cl)=CCSc1nc2c(c(=O)[nH]c(=O)n2C)n1CC(O)COc1ccc(Cl)cc1. The number of hydrogen-bond donors (Lipinski definition) is 2. The summed E-state index contributed by atoms with van der Waals surface area (Å²) >= 11 is 13.1.